The van der Waals surface area contributed by atoms with Gasteiger partial charge >= 0.3 is 0 Å². The number of hydrogen-bond donors (Lipinski definition) is 2. The van der Waals surface area contributed by atoms with Gasteiger partial charge in [0.25, 0.3) is 0 Å². The van der Waals surface area contributed by atoms with Crippen molar-refractivity contribution in [3.63, 3.8) is 0 Å². The molecule has 194 valence electrons. The molecule has 0 aliphatic heterocycles. The molecule has 0 saturated heterocycles. The van der Waals surface area contributed by atoms with E-state index in [4.69, 9.17) is 0 Å². The van der Waals surface area contributed by atoms with Crippen molar-refractivity contribution in [2.75, 3.05) is 0 Å². The van der Waals surface area contributed by atoms with Crippen LogP contribution in [0.1, 0.15) is 57.3 Å². The maximum atomic E-state index is 13.1. The summed E-state index contributed by atoms with van der Waals surface area (Å²) in [6.45, 7) is 1.97. The number of nitrogens with one attached hydrogen (secondary N) is 2. The molecular weight excluding hydrogens is 476 g/mol. The molecule has 8 heteroatoms. The number of imidazole rings is 1. The molecule has 5 aromatic rings. The van der Waals surface area contributed by atoms with Crippen molar-refractivity contribution in [2.24, 2.45) is 0 Å². The molecule has 2 aromatic heterocycles. The minimum absolute atomic E-state index is 0.0697. The highest BCUT2D eigenvalue weighted by atomic mass is 16.2. The minimum atomic E-state index is -0.284. The molecule has 0 radical (unpaired) electrons. The van der Waals surface area contributed by atoms with Gasteiger partial charge in [0, 0.05) is 18.4 Å². The van der Waals surface area contributed by atoms with Crippen LogP contribution < -0.4 is 5.32 Å². The molecule has 0 saturated carbocycles. The van der Waals surface area contributed by atoms with Crippen molar-refractivity contribution in [1.29, 1.82) is 0 Å². The van der Waals surface area contributed by atoms with Crippen molar-refractivity contribution >= 4 is 33.5 Å². The number of amides is 1. The van der Waals surface area contributed by atoms with E-state index in [-0.39, 0.29) is 18.5 Å². The Balaban J connectivity index is 1.31. The number of rotatable bonds is 12. The molecule has 5 rings (SSSR count). The van der Waals surface area contributed by atoms with Crippen LogP contribution in [0.4, 0.5) is 0 Å². The maximum Gasteiger partial charge on any atom is 0.242 e. The fourth-order valence-corrected chi connectivity index (χ4v) is 4.73. The summed E-state index contributed by atoms with van der Waals surface area (Å²) in [5, 5.41) is 13.8. The van der Waals surface area contributed by atoms with Crippen LogP contribution in [-0.2, 0) is 16.1 Å². The normalized spacial score (nSPS) is 12.1. The van der Waals surface area contributed by atoms with Gasteiger partial charge in [0.15, 0.2) is 0 Å². The Labute approximate surface area is 221 Å². The number of para-hydroxylation sites is 1. The molecule has 0 aliphatic rings. The van der Waals surface area contributed by atoms with E-state index in [1.807, 2.05) is 49.5 Å². The summed E-state index contributed by atoms with van der Waals surface area (Å²) < 4.78 is 1.61. The lowest BCUT2D eigenvalue weighted by molar-refractivity contribution is -0.122. The summed E-state index contributed by atoms with van der Waals surface area (Å²) in [6.07, 6.45) is 6.39. The molecule has 0 aliphatic carbocycles. The number of fused-ring (bicyclic) bond motifs is 2. The van der Waals surface area contributed by atoms with E-state index < -0.39 is 0 Å². The molecule has 2 heterocycles. The molecule has 0 unspecified atom stereocenters. The first-order valence-electron chi connectivity index (χ1n) is 13.2. The third-order valence-electron chi connectivity index (χ3n) is 6.88. The van der Waals surface area contributed by atoms with Gasteiger partial charge in [0.2, 0.25) is 5.91 Å². The van der Waals surface area contributed by atoms with Crippen molar-refractivity contribution in [1.82, 2.24) is 30.3 Å². The molecule has 38 heavy (non-hydrogen) atoms. The van der Waals surface area contributed by atoms with Crippen molar-refractivity contribution in [3.8, 4) is 11.3 Å². The van der Waals surface area contributed by atoms with E-state index in [1.54, 1.807) is 4.68 Å². The number of ketones is 1. The number of unbranched alkanes of at least 4 members (excludes halogenated alkanes) is 2. The molecule has 0 bridgehead atoms. The Kier molecular flexibility index (Phi) is 7.87. The van der Waals surface area contributed by atoms with E-state index in [0.717, 1.165) is 59.2 Å². The third kappa shape index (κ3) is 5.96. The SMILES string of the molecule is CCC(=O)CCCCC[C@H](NC(=O)Cn1nnc2ccccc21)c1ncc(-c2ccc3ccccc3c2)[nH]1. The first kappa shape index (κ1) is 25.3. The summed E-state index contributed by atoms with van der Waals surface area (Å²) in [5.41, 5.74) is 3.52. The van der Waals surface area contributed by atoms with Crippen LogP contribution in [0.15, 0.2) is 72.9 Å². The minimum Gasteiger partial charge on any atom is -0.345 e. The van der Waals surface area contributed by atoms with Gasteiger partial charge in [-0.05, 0) is 41.8 Å². The molecule has 1 atom stereocenters. The summed E-state index contributed by atoms with van der Waals surface area (Å²) in [4.78, 5) is 32.8. The predicted octanol–water partition coefficient (Wildman–Crippen LogP) is 5.76. The van der Waals surface area contributed by atoms with Gasteiger partial charge in [-0.25, -0.2) is 9.67 Å². The lowest BCUT2D eigenvalue weighted by atomic mass is 10.0. The number of carbonyl (C=O) groups excluding carboxylic acids is 2. The lowest BCUT2D eigenvalue weighted by Gasteiger charge is -2.17. The number of nitrogens with zero attached hydrogens (tertiary/aromatic N) is 4. The molecule has 3 aromatic carbocycles. The van der Waals surface area contributed by atoms with Gasteiger partial charge in [-0.3, -0.25) is 9.59 Å². The number of benzene rings is 3. The zero-order valence-electron chi connectivity index (χ0n) is 21.6. The number of Topliss-reactive ketones (excluding diaryl/α,β-unsaturated/α-hetero) is 1. The second kappa shape index (κ2) is 11.8. The Hall–Kier alpha value is -4.33. The fraction of sp³-hybridized carbons (Fsp3) is 0.300. The second-order valence-electron chi connectivity index (χ2n) is 9.59. The zero-order chi connectivity index (χ0) is 26.3. The predicted molar refractivity (Wildman–Crippen MR) is 148 cm³/mol. The average Bonchev–Trinajstić information content (AvgIpc) is 3.60. The van der Waals surface area contributed by atoms with Crippen LogP contribution in [0.5, 0.6) is 0 Å². The number of H-pyrrole nitrogens is 1. The summed E-state index contributed by atoms with van der Waals surface area (Å²) in [7, 11) is 0. The van der Waals surface area contributed by atoms with Crippen molar-refractivity contribution in [2.45, 2.75) is 58.0 Å². The monoisotopic (exact) mass is 508 g/mol. The van der Waals surface area contributed by atoms with E-state index in [2.05, 4.69) is 55.9 Å². The molecule has 0 spiro atoms. The molecule has 1 amide bonds. The average molecular weight is 509 g/mol. The number of aromatic nitrogens is 5. The number of hydrogen-bond acceptors (Lipinski definition) is 5. The summed E-state index contributed by atoms with van der Waals surface area (Å²) in [6, 6.07) is 21.9. The summed E-state index contributed by atoms with van der Waals surface area (Å²) in [5.74, 6) is 0.853. The van der Waals surface area contributed by atoms with Crippen LogP contribution in [0.3, 0.4) is 0 Å². The van der Waals surface area contributed by atoms with Crippen molar-refractivity contribution in [3.05, 3.63) is 78.8 Å². The van der Waals surface area contributed by atoms with Gasteiger partial charge in [-0.1, -0.05) is 73.5 Å². The van der Waals surface area contributed by atoms with Crippen LogP contribution >= 0.6 is 0 Å². The molecule has 8 nitrogen and oxygen atoms in total. The highest BCUT2D eigenvalue weighted by Gasteiger charge is 2.19. The second-order valence-corrected chi connectivity index (χ2v) is 9.59. The van der Waals surface area contributed by atoms with E-state index in [0.29, 0.717) is 18.6 Å². The van der Waals surface area contributed by atoms with Crippen LogP contribution in [0, 0.1) is 0 Å². The quantitative estimate of drug-likeness (QED) is 0.208. The highest BCUT2D eigenvalue weighted by Crippen LogP contribution is 2.26. The molecular formula is C30H32N6O2. The molecule has 2 N–H and O–H groups in total. The Morgan fingerprint density at radius 2 is 1.79 bits per heavy atom. The smallest absolute Gasteiger partial charge is 0.242 e. The first-order chi connectivity index (χ1) is 18.6. The fourth-order valence-electron chi connectivity index (χ4n) is 4.73. The van der Waals surface area contributed by atoms with Gasteiger partial charge in [0.1, 0.15) is 23.7 Å². The van der Waals surface area contributed by atoms with Crippen LogP contribution in [-0.4, -0.2) is 36.7 Å². The van der Waals surface area contributed by atoms with Gasteiger partial charge in [-0.2, -0.15) is 0 Å². The Morgan fingerprint density at radius 3 is 2.66 bits per heavy atom. The Morgan fingerprint density at radius 1 is 0.974 bits per heavy atom. The van der Waals surface area contributed by atoms with E-state index >= 15 is 0 Å². The lowest BCUT2D eigenvalue weighted by Crippen LogP contribution is -2.32. The van der Waals surface area contributed by atoms with Crippen LogP contribution in [0.2, 0.25) is 0 Å². The maximum absolute atomic E-state index is 13.1. The third-order valence-corrected chi connectivity index (χ3v) is 6.88. The zero-order valence-corrected chi connectivity index (χ0v) is 21.6. The number of aromatic amines is 1. The largest absolute Gasteiger partial charge is 0.345 e. The standard InChI is InChI=1S/C30H32N6O2/c1-2-24(37)12-4-3-5-14-26(32-29(38)20-36-28-15-9-8-13-25(28)34-35-36)30-31-19-27(33-30)23-17-16-21-10-6-7-11-22(21)18-23/h6-11,13,15-19,26H,2-5,12,14,20H2,1H3,(H,31,33)(H,32,38)/t26-/m0/s1. The topological polar surface area (TPSA) is 106 Å². The van der Waals surface area contributed by atoms with Gasteiger partial charge in [0.05, 0.1) is 23.4 Å². The Bertz CT molecular complexity index is 1550. The van der Waals surface area contributed by atoms with E-state index in [1.165, 1.54) is 5.39 Å². The van der Waals surface area contributed by atoms with E-state index in [9.17, 15) is 9.59 Å². The summed E-state index contributed by atoms with van der Waals surface area (Å²) >= 11 is 0. The first-order valence-corrected chi connectivity index (χ1v) is 13.2. The highest BCUT2D eigenvalue weighted by molar-refractivity contribution is 5.86. The van der Waals surface area contributed by atoms with Gasteiger partial charge < -0.3 is 10.3 Å². The number of carbonyl (C=O) groups is 2. The van der Waals surface area contributed by atoms with Gasteiger partial charge in [-0.15, -0.1) is 5.10 Å². The van der Waals surface area contributed by atoms with Crippen LogP contribution in [0.25, 0.3) is 33.1 Å². The molecule has 0 fully saturated rings. The van der Waals surface area contributed by atoms with Crippen molar-refractivity contribution < 1.29 is 9.59 Å².